The molecule has 0 bridgehead atoms. The summed E-state index contributed by atoms with van der Waals surface area (Å²) in [7, 11) is 0. The van der Waals surface area contributed by atoms with Gasteiger partial charge in [-0.1, -0.05) is 11.6 Å². The first-order valence-corrected chi connectivity index (χ1v) is 8.89. The van der Waals surface area contributed by atoms with Gasteiger partial charge in [-0.3, -0.25) is 4.79 Å². The molecule has 1 aromatic carbocycles. The van der Waals surface area contributed by atoms with Crippen LogP contribution in [0.3, 0.4) is 0 Å². The first kappa shape index (κ1) is 17.9. The summed E-state index contributed by atoms with van der Waals surface area (Å²) in [5, 5.41) is 0.508. The van der Waals surface area contributed by atoms with E-state index in [2.05, 4.69) is 0 Å². The molecule has 0 unspecified atom stereocenters. The van der Waals surface area contributed by atoms with Gasteiger partial charge < -0.3 is 14.5 Å². The second-order valence-electron chi connectivity index (χ2n) is 5.23. The van der Waals surface area contributed by atoms with Gasteiger partial charge in [-0.25, -0.2) is 4.79 Å². The van der Waals surface area contributed by atoms with Crippen molar-refractivity contribution in [1.82, 2.24) is 9.80 Å². The molecule has 7 heteroatoms. The van der Waals surface area contributed by atoms with Crippen molar-refractivity contribution in [3.05, 3.63) is 29.3 Å². The van der Waals surface area contributed by atoms with Gasteiger partial charge >= 0.3 is 6.09 Å². The number of piperazine rings is 1. The number of nitrogens with zero attached hydrogens (tertiary/aromatic N) is 2. The Kier molecular flexibility index (Phi) is 6.59. The molecule has 0 spiro atoms. The Morgan fingerprint density at radius 2 is 1.74 bits per heavy atom. The van der Waals surface area contributed by atoms with E-state index in [4.69, 9.17) is 16.3 Å². The first-order chi connectivity index (χ1) is 11.0. The predicted octanol–water partition coefficient (Wildman–Crippen LogP) is 3.12. The predicted molar refractivity (Wildman–Crippen MR) is 91.9 cm³/mol. The molecule has 1 aliphatic rings. The molecule has 126 valence electrons. The van der Waals surface area contributed by atoms with Gasteiger partial charge in [0, 0.05) is 36.1 Å². The van der Waals surface area contributed by atoms with Crippen LogP contribution in [-0.4, -0.2) is 59.8 Å². The summed E-state index contributed by atoms with van der Waals surface area (Å²) in [6.45, 7) is 6.18. The normalized spacial score (nSPS) is 16.1. The lowest BCUT2D eigenvalue weighted by Crippen LogP contribution is -2.52. The minimum Gasteiger partial charge on any atom is -0.450 e. The van der Waals surface area contributed by atoms with E-state index in [1.54, 1.807) is 11.8 Å². The highest BCUT2D eigenvalue weighted by Gasteiger charge is 2.27. The van der Waals surface area contributed by atoms with E-state index in [9.17, 15) is 9.59 Å². The molecule has 0 aliphatic carbocycles. The van der Waals surface area contributed by atoms with E-state index in [1.165, 1.54) is 11.8 Å². The van der Waals surface area contributed by atoms with Crippen LogP contribution in [0.25, 0.3) is 0 Å². The Hall–Kier alpha value is -1.40. The number of benzene rings is 1. The fourth-order valence-corrected chi connectivity index (χ4v) is 3.43. The third-order valence-electron chi connectivity index (χ3n) is 3.59. The maximum absolute atomic E-state index is 12.5. The molecule has 0 aromatic heterocycles. The second-order valence-corrected chi connectivity index (χ2v) is 7.08. The monoisotopic (exact) mass is 356 g/mol. The average Bonchev–Trinajstić information content (AvgIpc) is 2.56. The summed E-state index contributed by atoms with van der Waals surface area (Å²) >= 11 is 7.38. The van der Waals surface area contributed by atoms with Crippen LogP contribution in [0.15, 0.2) is 29.2 Å². The van der Waals surface area contributed by atoms with Crippen molar-refractivity contribution >= 4 is 35.4 Å². The number of rotatable bonds is 4. The number of halogens is 1. The van der Waals surface area contributed by atoms with E-state index in [-0.39, 0.29) is 17.3 Å². The quantitative estimate of drug-likeness (QED) is 0.778. The molecule has 23 heavy (non-hydrogen) atoms. The van der Waals surface area contributed by atoms with Crippen molar-refractivity contribution in [2.24, 2.45) is 0 Å². The number of carbonyl (C=O) groups is 2. The highest BCUT2D eigenvalue weighted by molar-refractivity contribution is 8.00. The van der Waals surface area contributed by atoms with E-state index >= 15 is 0 Å². The molecule has 1 atom stereocenters. The van der Waals surface area contributed by atoms with Crippen LogP contribution in [0.4, 0.5) is 4.79 Å². The molecule has 1 saturated heterocycles. The number of ether oxygens (including phenoxy) is 1. The Bertz CT molecular complexity index is 545. The van der Waals surface area contributed by atoms with Crippen LogP contribution >= 0.6 is 23.4 Å². The standard InChI is InChI=1S/C16H21ClN2O3S/c1-3-22-16(21)19-10-8-18(9-11-19)15(20)12(2)23-14-6-4-13(17)5-7-14/h4-7,12H,3,8-11H2,1-2H3/t12-/m1/s1. The van der Waals surface area contributed by atoms with Gasteiger partial charge in [0.15, 0.2) is 0 Å². The number of thioether (sulfide) groups is 1. The van der Waals surface area contributed by atoms with Gasteiger partial charge in [0.25, 0.3) is 0 Å². The Balaban J connectivity index is 1.84. The van der Waals surface area contributed by atoms with Gasteiger partial charge in [-0.2, -0.15) is 0 Å². The van der Waals surface area contributed by atoms with Crippen molar-refractivity contribution in [3.63, 3.8) is 0 Å². The zero-order chi connectivity index (χ0) is 16.8. The van der Waals surface area contributed by atoms with E-state index in [1.807, 2.05) is 36.1 Å². The zero-order valence-corrected chi connectivity index (χ0v) is 14.9. The molecular formula is C16H21ClN2O3S. The highest BCUT2D eigenvalue weighted by atomic mass is 35.5. The SMILES string of the molecule is CCOC(=O)N1CCN(C(=O)[C@@H](C)Sc2ccc(Cl)cc2)CC1. The molecule has 1 fully saturated rings. The molecule has 0 N–H and O–H groups in total. The number of carbonyl (C=O) groups excluding carboxylic acids is 2. The number of hydrogen-bond acceptors (Lipinski definition) is 4. The molecule has 1 heterocycles. The topological polar surface area (TPSA) is 49.9 Å². The third kappa shape index (κ3) is 5.04. The second kappa shape index (κ2) is 8.45. The van der Waals surface area contributed by atoms with Crippen LogP contribution in [0, 0.1) is 0 Å². The summed E-state index contributed by atoms with van der Waals surface area (Å²) < 4.78 is 4.98. The van der Waals surface area contributed by atoms with Crippen molar-refractivity contribution in [2.75, 3.05) is 32.8 Å². The van der Waals surface area contributed by atoms with E-state index < -0.39 is 0 Å². The summed E-state index contributed by atoms with van der Waals surface area (Å²) in [6.07, 6.45) is -0.303. The van der Waals surface area contributed by atoms with E-state index in [0.717, 1.165) is 4.90 Å². The lowest BCUT2D eigenvalue weighted by atomic mass is 10.3. The smallest absolute Gasteiger partial charge is 0.409 e. The van der Waals surface area contributed by atoms with Crippen LogP contribution in [-0.2, 0) is 9.53 Å². The zero-order valence-electron chi connectivity index (χ0n) is 13.3. The molecular weight excluding hydrogens is 336 g/mol. The van der Waals surface area contributed by atoms with Crippen molar-refractivity contribution in [3.8, 4) is 0 Å². The molecule has 0 saturated carbocycles. The summed E-state index contributed by atoms with van der Waals surface area (Å²) in [5.74, 6) is 0.0912. The molecule has 1 aliphatic heterocycles. The van der Waals surface area contributed by atoms with Crippen LogP contribution in [0.2, 0.25) is 5.02 Å². The number of amides is 2. The summed E-state index contributed by atoms with van der Waals surface area (Å²) in [5.41, 5.74) is 0. The lowest BCUT2D eigenvalue weighted by molar-refractivity contribution is -0.131. The largest absolute Gasteiger partial charge is 0.450 e. The molecule has 0 radical (unpaired) electrons. The van der Waals surface area contributed by atoms with Gasteiger partial charge in [0.2, 0.25) is 5.91 Å². The van der Waals surface area contributed by atoms with Gasteiger partial charge in [0.05, 0.1) is 11.9 Å². The average molecular weight is 357 g/mol. The Morgan fingerprint density at radius 3 is 2.30 bits per heavy atom. The van der Waals surface area contributed by atoms with Crippen molar-refractivity contribution < 1.29 is 14.3 Å². The van der Waals surface area contributed by atoms with Gasteiger partial charge in [-0.05, 0) is 38.1 Å². The minimum absolute atomic E-state index is 0.0912. The highest BCUT2D eigenvalue weighted by Crippen LogP contribution is 2.26. The van der Waals surface area contributed by atoms with Gasteiger partial charge in [0.1, 0.15) is 0 Å². The molecule has 5 nitrogen and oxygen atoms in total. The van der Waals surface area contributed by atoms with Crippen molar-refractivity contribution in [1.29, 1.82) is 0 Å². The fourth-order valence-electron chi connectivity index (χ4n) is 2.35. The van der Waals surface area contributed by atoms with Crippen LogP contribution in [0.5, 0.6) is 0 Å². The van der Waals surface area contributed by atoms with Crippen molar-refractivity contribution in [2.45, 2.75) is 24.0 Å². The maximum Gasteiger partial charge on any atom is 0.409 e. The summed E-state index contributed by atoms with van der Waals surface area (Å²) in [4.78, 5) is 28.6. The summed E-state index contributed by atoms with van der Waals surface area (Å²) in [6, 6.07) is 7.46. The van der Waals surface area contributed by atoms with Crippen LogP contribution in [0.1, 0.15) is 13.8 Å². The molecule has 2 rings (SSSR count). The third-order valence-corrected chi connectivity index (χ3v) is 4.94. The Labute approximate surface area is 145 Å². The Morgan fingerprint density at radius 1 is 1.17 bits per heavy atom. The molecule has 2 amide bonds. The minimum atomic E-state index is -0.303. The lowest BCUT2D eigenvalue weighted by Gasteiger charge is -2.35. The maximum atomic E-state index is 12.5. The number of hydrogen-bond donors (Lipinski definition) is 0. The fraction of sp³-hybridized carbons (Fsp3) is 0.500. The molecule has 1 aromatic rings. The first-order valence-electron chi connectivity index (χ1n) is 7.64. The van der Waals surface area contributed by atoms with Gasteiger partial charge in [-0.15, -0.1) is 11.8 Å². The van der Waals surface area contributed by atoms with Crippen LogP contribution < -0.4 is 0 Å². The van der Waals surface area contributed by atoms with E-state index in [0.29, 0.717) is 37.8 Å².